The van der Waals surface area contributed by atoms with Gasteiger partial charge in [-0.25, -0.2) is 0 Å². The van der Waals surface area contributed by atoms with Gasteiger partial charge in [0.05, 0.1) is 18.8 Å². The average molecular weight is 283 g/mol. The zero-order valence-corrected chi connectivity index (χ0v) is 10.9. The molecule has 1 aliphatic heterocycles. The lowest BCUT2D eigenvalue weighted by atomic mass is 9.81. The maximum absolute atomic E-state index is 9.63. The van der Waals surface area contributed by atoms with Gasteiger partial charge in [-0.05, 0) is 0 Å². The highest BCUT2D eigenvalue weighted by Gasteiger charge is 2.52. The van der Waals surface area contributed by atoms with Crippen LogP contribution in [-0.2, 0) is 9.47 Å². The number of methoxy groups -OCH3 is 1. The zero-order valence-electron chi connectivity index (χ0n) is 9.31. The molecule has 1 aliphatic rings. The molecule has 1 saturated heterocycles. The first-order valence-electron chi connectivity index (χ1n) is 5.02. The Kier molecular flexibility index (Phi) is 4.55. The van der Waals surface area contributed by atoms with E-state index in [1.807, 2.05) is 13.8 Å². The van der Waals surface area contributed by atoms with Crippen LogP contribution in [0.2, 0.25) is 0 Å². The molecule has 0 spiro atoms. The minimum atomic E-state index is -0.890. The summed E-state index contributed by atoms with van der Waals surface area (Å²) in [5, 5.41) is 19.3. The lowest BCUT2D eigenvalue weighted by Crippen LogP contribution is -2.43. The van der Waals surface area contributed by atoms with Gasteiger partial charge in [0.25, 0.3) is 0 Å². The van der Waals surface area contributed by atoms with Crippen LogP contribution in [0, 0.1) is 5.41 Å². The Morgan fingerprint density at radius 2 is 2.13 bits per heavy atom. The van der Waals surface area contributed by atoms with Crippen molar-refractivity contribution in [2.45, 2.75) is 38.3 Å². The summed E-state index contributed by atoms with van der Waals surface area (Å²) in [4.78, 5) is 0. The highest BCUT2D eigenvalue weighted by atomic mass is 79.9. The van der Waals surface area contributed by atoms with Crippen LogP contribution in [0.3, 0.4) is 0 Å². The van der Waals surface area contributed by atoms with Crippen LogP contribution in [0.25, 0.3) is 0 Å². The lowest BCUT2D eigenvalue weighted by Gasteiger charge is -2.30. The summed E-state index contributed by atoms with van der Waals surface area (Å²) in [6.07, 6.45) is -1.58. The van der Waals surface area contributed by atoms with Crippen LogP contribution in [0.1, 0.15) is 13.8 Å². The molecule has 1 unspecified atom stereocenters. The second kappa shape index (κ2) is 5.10. The normalized spacial score (nSPS) is 36.8. The lowest BCUT2D eigenvalue weighted by molar-refractivity contribution is -0.0871. The first-order valence-corrected chi connectivity index (χ1v) is 6.14. The van der Waals surface area contributed by atoms with Crippen LogP contribution in [0.5, 0.6) is 0 Å². The van der Waals surface area contributed by atoms with E-state index in [0.29, 0.717) is 5.33 Å². The summed E-state index contributed by atoms with van der Waals surface area (Å²) < 4.78 is 11.1. The molecule has 2 N–H and O–H groups in total. The van der Waals surface area contributed by atoms with Crippen molar-refractivity contribution in [3.63, 3.8) is 0 Å². The topological polar surface area (TPSA) is 58.9 Å². The van der Waals surface area contributed by atoms with Gasteiger partial charge in [0.15, 0.2) is 0 Å². The first-order chi connectivity index (χ1) is 6.98. The molecule has 4 atom stereocenters. The largest absolute Gasteiger partial charge is 0.394 e. The Balaban J connectivity index is 2.84. The molecular formula is C10H19BrO4. The number of alkyl halides is 1. The van der Waals surface area contributed by atoms with E-state index >= 15 is 0 Å². The second-order valence-corrected chi connectivity index (χ2v) is 5.12. The number of aliphatic hydroxyl groups is 2. The molecule has 0 amide bonds. The molecular weight excluding hydrogens is 264 g/mol. The fraction of sp³-hybridized carbons (Fsp3) is 1.00. The van der Waals surface area contributed by atoms with Crippen LogP contribution < -0.4 is 0 Å². The summed E-state index contributed by atoms with van der Waals surface area (Å²) in [5.74, 6) is 0. The Morgan fingerprint density at radius 1 is 1.53 bits per heavy atom. The van der Waals surface area contributed by atoms with Crippen molar-refractivity contribution in [1.29, 1.82) is 0 Å². The SMILES string of the molecule is CO[C@@H]1[C@H]([C@H](O)CO)OC(CBr)C1(C)C. The van der Waals surface area contributed by atoms with Crippen LogP contribution in [0.15, 0.2) is 0 Å². The van der Waals surface area contributed by atoms with Crippen molar-refractivity contribution < 1.29 is 19.7 Å². The van der Waals surface area contributed by atoms with Gasteiger partial charge in [-0.15, -0.1) is 0 Å². The number of hydrogen-bond acceptors (Lipinski definition) is 4. The molecule has 1 fully saturated rings. The Labute approximate surface area is 98.7 Å². The molecule has 0 aromatic heterocycles. The van der Waals surface area contributed by atoms with Crippen molar-refractivity contribution >= 4 is 15.9 Å². The van der Waals surface area contributed by atoms with E-state index in [1.165, 1.54) is 0 Å². The number of ether oxygens (including phenoxy) is 2. The van der Waals surface area contributed by atoms with Gasteiger partial charge >= 0.3 is 0 Å². The third kappa shape index (κ3) is 2.36. The van der Waals surface area contributed by atoms with E-state index in [4.69, 9.17) is 14.6 Å². The van der Waals surface area contributed by atoms with Crippen molar-refractivity contribution in [2.75, 3.05) is 19.0 Å². The van der Waals surface area contributed by atoms with Crippen molar-refractivity contribution in [2.24, 2.45) is 5.41 Å². The summed E-state index contributed by atoms with van der Waals surface area (Å²) in [6, 6.07) is 0. The molecule has 0 saturated carbocycles. The minimum absolute atomic E-state index is 0.0198. The predicted molar refractivity (Wildman–Crippen MR) is 60.1 cm³/mol. The molecule has 15 heavy (non-hydrogen) atoms. The molecule has 0 bridgehead atoms. The second-order valence-electron chi connectivity index (χ2n) is 4.47. The standard InChI is InChI=1S/C10H19BrO4/c1-10(2)7(4-11)15-8(6(13)5-12)9(10)14-3/h6-9,12-13H,4-5H2,1-3H3/t6-,7?,8+,9-/m1/s1. The average Bonchev–Trinajstić information content (AvgIpc) is 2.47. The molecule has 0 aliphatic carbocycles. The van der Waals surface area contributed by atoms with Crippen LogP contribution in [0.4, 0.5) is 0 Å². The fourth-order valence-electron chi connectivity index (χ4n) is 2.11. The van der Waals surface area contributed by atoms with Gasteiger partial charge in [0, 0.05) is 17.9 Å². The van der Waals surface area contributed by atoms with Gasteiger partial charge in [-0.2, -0.15) is 0 Å². The minimum Gasteiger partial charge on any atom is -0.394 e. The molecule has 5 heteroatoms. The predicted octanol–water partition coefficient (Wildman–Crippen LogP) is 0.543. The van der Waals surface area contributed by atoms with E-state index in [0.717, 1.165) is 0 Å². The molecule has 1 rings (SSSR count). The number of hydrogen-bond donors (Lipinski definition) is 2. The monoisotopic (exact) mass is 282 g/mol. The Hall–Kier alpha value is 0.320. The smallest absolute Gasteiger partial charge is 0.113 e. The molecule has 0 aromatic carbocycles. The van der Waals surface area contributed by atoms with Gasteiger partial charge < -0.3 is 19.7 Å². The maximum atomic E-state index is 9.63. The number of halogens is 1. The highest BCUT2D eigenvalue weighted by molar-refractivity contribution is 9.09. The summed E-state index contributed by atoms with van der Waals surface area (Å²) in [7, 11) is 1.60. The summed E-state index contributed by atoms with van der Waals surface area (Å²) in [6.45, 7) is 3.77. The third-order valence-electron chi connectivity index (χ3n) is 3.14. The molecule has 1 heterocycles. The summed E-state index contributed by atoms with van der Waals surface area (Å²) in [5.41, 5.74) is -0.181. The summed E-state index contributed by atoms with van der Waals surface area (Å²) >= 11 is 3.38. The van der Waals surface area contributed by atoms with Crippen molar-refractivity contribution in [3.8, 4) is 0 Å². The van der Waals surface area contributed by atoms with Gasteiger partial charge in [-0.3, -0.25) is 0 Å². The quantitative estimate of drug-likeness (QED) is 0.740. The number of aliphatic hydroxyl groups excluding tert-OH is 2. The molecule has 4 nitrogen and oxygen atoms in total. The van der Waals surface area contributed by atoms with Gasteiger partial charge in [0.1, 0.15) is 12.2 Å². The van der Waals surface area contributed by atoms with Gasteiger partial charge in [0.2, 0.25) is 0 Å². The Bertz CT molecular complexity index is 210. The van der Waals surface area contributed by atoms with E-state index in [9.17, 15) is 5.11 Å². The molecule has 90 valence electrons. The van der Waals surface area contributed by atoms with E-state index in [1.54, 1.807) is 7.11 Å². The van der Waals surface area contributed by atoms with E-state index < -0.39 is 12.2 Å². The first kappa shape index (κ1) is 13.4. The zero-order chi connectivity index (χ0) is 11.6. The van der Waals surface area contributed by atoms with Crippen molar-refractivity contribution in [1.82, 2.24) is 0 Å². The van der Waals surface area contributed by atoms with Gasteiger partial charge in [-0.1, -0.05) is 29.8 Å². The van der Waals surface area contributed by atoms with E-state index in [-0.39, 0.29) is 24.2 Å². The highest BCUT2D eigenvalue weighted by Crippen LogP contribution is 2.41. The van der Waals surface area contributed by atoms with Crippen LogP contribution in [-0.4, -0.2) is 53.7 Å². The maximum Gasteiger partial charge on any atom is 0.113 e. The van der Waals surface area contributed by atoms with E-state index in [2.05, 4.69) is 15.9 Å². The Morgan fingerprint density at radius 3 is 2.53 bits per heavy atom. The van der Waals surface area contributed by atoms with Crippen LogP contribution >= 0.6 is 15.9 Å². The fourth-order valence-corrected chi connectivity index (χ4v) is 3.10. The van der Waals surface area contributed by atoms with Crippen molar-refractivity contribution in [3.05, 3.63) is 0 Å². The number of rotatable bonds is 4. The molecule has 0 aromatic rings. The molecule has 0 radical (unpaired) electrons. The third-order valence-corrected chi connectivity index (χ3v) is 3.73.